The highest BCUT2D eigenvalue weighted by Crippen LogP contribution is 2.25. The lowest BCUT2D eigenvalue weighted by Crippen LogP contribution is -2.27. The molecule has 0 spiro atoms. The number of hydrogen-bond donors (Lipinski definition) is 1. The third-order valence-corrected chi connectivity index (χ3v) is 4.43. The summed E-state index contributed by atoms with van der Waals surface area (Å²) in [6.07, 6.45) is 0. The van der Waals surface area contributed by atoms with Crippen LogP contribution < -0.4 is 5.32 Å². The molecule has 2 heterocycles. The van der Waals surface area contributed by atoms with E-state index in [0.717, 1.165) is 11.0 Å². The Morgan fingerprint density at radius 1 is 1.32 bits per heavy atom. The van der Waals surface area contributed by atoms with Crippen LogP contribution in [0.1, 0.15) is 48.6 Å². The zero-order valence-corrected chi connectivity index (χ0v) is 15.6. The Morgan fingerprint density at radius 3 is 2.72 bits per heavy atom. The second-order valence-electron chi connectivity index (χ2n) is 6.71. The molecule has 0 bridgehead atoms. The molecule has 2 aromatic heterocycles. The van der Waals surface area contributed by atoms with Crippen molar-refractivity contribution in [3.8, 4) is 0 Å². The predicted octanol–water partition coefficient (Wildman–Crippen LogP) is 4.74. The van der Waals surface area contributed by atoms with Crippen LogP contribution in [0.15, 0.2) is 34.7 Å². The van der Waals surface area contributed by atoms with E-state index in [0.29, 0.717) is 34.6 Å². The van der Waals surface area contributed by atoms with Crippen LogP contribution in [-0.4, -0.2) is 15.7 Å². The van der Waals surface area contributed by atoms with E-state index in [4.69, 9.17) is 16.0 Å². The largest absolute Gasteiger partial charge is 0.459 e. The number of nitrogens with zero attached hydrogens (tertiary/aromatic N) is 2. The number of amides is 1. The molecule has 25 heavy (non-hydrogen) atoms. The number of hydrogen-bond acceptors (Lipinski definition) is 3. The van der Waals surface area contributed by atoms with Crippen molar-refractivity contribution in [2.45, 2.75) is 40.3 Å². The van der Waals surface area contributed by atoms with Crippen LogP contribution >= 0.6 is 11.6 Å². The van der Waals surface area contributed by atoms with E-state index in [1.54, 1.807) is 11.6 Å². The zero-order chi connectivity index (χ0) is 18.1. The summed E-state index contributed by atoms with van der Waals surface area (Å²) in [6.45, 7) is 8.51. The SMILES string of the molecule is Cc1nn(CC(C)C)c(Cl)c1C(=O)N[C@H](C)c1cc2ccccc2o1. The third kappa shape index (κ3) is 3.56. The van der Waals surface area contributed by atoms with E-state index in [-0.39, 0.29) is 11.9 Å². The quantitative estimate of drug-likeness (QED) is 0.715. The molecule has 5 nitrogen and oxygen atoms in total. The third-order valence-electron chi connectivity index (χ3n) is 4.05. The van der Waals surface area contributed by atoms with E-state index in [2.05, 4.69) is 24.3 Å². The maximum absolute atomic E-state index is 12.7. The van der Waals surface area contributed by atoms with Crippen molar-refractivity contribution in [3.05, 3.63) is 52.5 Å². The Labute approximate surface area is 152 Å². The number of benzene rings is 1. The van der Waals surface area contributed by atoms with Gasteiger partial charge in [-0.2, -0.15) is 5.10 Å². The first-order valence-corrected chi connectivity index (χ1v) is 8.77. The summed E-state index contributed by atoms with van der Waals surface area (Å²) in [5, 5.41) is 8.73. The summed E-state index contributed by atoms with van der Waals surface area (Å²) in [7, 11) is 0. The molecular weight excluding hydrogens is 338 g/mol. The van der Waals surface area contributed by atoms with Crippen molar-refractivity contribution in [1.82, 2.24) is 15.1 Å². The van der Waals surface area contributed by atoms with Crippen LogP contribution in [0, 0.1) is 12.8 Å². The molecule has 1 atom stereocenters. The topological polar surface area (TPSA) is 60.1 Å². The highest BCUT2D eigenvalue weighted by molar-refractivity contribution is 6.33. The average molecular weight is 360 g/mol. The fraction of sp³-hybridized carbons (Fsp3) is 0.368. The molecule has 0 aliphatic rings. The summed E-state index contributed by atoms with van der Waals surface area (Å²) >= 11 is 6.38. The number of fused-ring (bicyclic) bond motifs is 1. The molecule has 1 N–H and O–H groups in total. The van der Waals surface area contributed by atoms with E-state index in [9.17, 15) is 4.79 Å². The fourth-order valence-electron chi connectivity index (χ4n) is 2.83. The van der Waals surface area contributed by atoms with Gasteiger partial charge in [-0.1, -0.05) is 43.6 Å². The predicted molar refractivity (Wildman–Crippen MR) is 98.9 cm³/mol. The van der Waals surface area contributed by atoms with Crippen molar-refractivity contribution < 1.29 is 9.21 Å². The van der Waals surface area contributed by atoms with Crippen molar-refractivity contribution in [2.24, 2.45) is 5.92 Å². The second-order valence-corrected chi connectivity index (χ2v) is 7.07. The molecule has 132 valence electrons. The van der Waals surface area contributed by atoms with Gasteiger partial charge in [0.15, 0.2) is 0 Å². The molecule has 0 saturated heterocycles. The number of aryl methyl sites for hydroxylation is 1. The molecule has 0 unspecified atom stereocenters. The molecular formula is C19H22ClN3O2. The van der Waals surface area contributed by atoms with Crippen molar-refractivity contribution >= 4 is 28.5 Å². The van der Waals surface area contributed by atoms with Crippen LogP contribution in [-0.2, 0) is 6.54 Å². The molecule has 0 aliphatic heterocycles. The number of halogens is 1. The first-order chi connectivity index (χ1) is 11.9. The Hall–Kier alpha value is -2.27. The number of furan rings is 1. The first-order valence-electron chi connectivity index (χ1n) is 8.39. The monoisotopic (exact) mass is 359 g/mol. The Morgan fingerprint density at radius 2 is 2.04 bits per heavy atom. The zero-order valence-electron chi connectivity index (χ0n) is 14.8. The van der Waals surface area contributed by atoms with E-state index in [1.165, 1.54) is 0 Å². The van der Waals surface area contributed by atoms with Crippen LogP contribution in [0.25, 0.3) is 11.0 Å². The number of rotatable bonds is 5. The minimum Gasteiger partial charge on any atom is -0.459 e. The number of carbonyl (C=O) groups excluding carboxylic acids is 1. The Bertz CT molecular complexity index is 878. The minimum atomic E-state index is -0.274. The Balaban J connectivity index is 1.80. The summed E-state index contributed by atoms with van der Waals surface area (Å²) < 4.78 is 7.50. The van der Waals surface area contributed by atoms with Gasteiger partial charge in [-0.05, 0) is 31.9 Å². The summed E-state index contributed by atoms with van der Waals surface area (Å²) in [6, 6.07) is 9.43. The van der Waals surface area contributed by atoms with Crippen molar-refractivity contribution in [1.29, 1.82) is 0 Å². The molecule has 0 saturated carbocycles. The van der Waals surface area contributed by atoms with Crippen molar-refractivity contribution in [2.75, 3.05) is 0 Å². The maximum atomic E-state index is 12.7. The van der Waals surface area contributed by atoms with E-state index >= 15 is 0 Å². The number of carbonyl (C=O) groups is 1. The number of para-hydroxylation sites is 1. The molecule has 1 aromatic carbocycles. The maximum Gasteiger partial charge on any atom is 0.256 e. The fourth-order valence-corrected chi connectivity index (χ4v) is 3.16. The van der Waals surface area contributed by atoms with Crippen LogP contribution in [0.3, 0.4) is 0 Å². The minimum absolute atomic E-state index is 0.245. The lowest BCUT2D eigenvalue weighted by molar-refractivity contribution is 0.0935. The van der Waals surface area contributed by atoms with E-state index < -0.39 is 0 Å². The summed E-state index contributed by atoms with van der Waals surface area (Å²) in [5.41, 5.74) is 1.85. The second kappa shape index (κ2) is 6.92. The Kier molecular flexibility index (Phi) is 4.86. The normalized spacial score (nSPS) is 12.7. The molecule has 3 rings (SSSR count). The van der Waals surface area contributed by atoms with Gasteiger partial charge in [-0.25, -0.2) is 0 Å². The first kappa shape index (κ1) is 17.5. The molecule has 0 fully saturated rings. The average Bonchev–Trinajstić information content (AvgIpc) is 3.08. The molecule has 1 amide bonds. The van der Waals surface area contributed by atoms with Gasteiger partial charge in [0.1, 0.15) is 16.5 Å². The van der Waals surface area contributed by atoms with Crippen LogP contribution in [0.5, 0.6) is 0 Å². The highest BCUT2D eigenvalue weighted by atomic mass is 35.5. The smallest absolute Gasteiger partial charge is 0.256 e. The van der Waals surface area contributed by atoms with Gasteiger partial charge in [0.2, 0.25) is 0 Å². The lowest BCUT2D eigenvalue weighted by atomic mass is 10.2. The summed E-state index contributed by atoms with van der Waals surface area (Å²) in [5.74, 6) is 0.852. The molecule has 3 aromatic rings. The molecule has 0 radical (unpaired) electrons. The van der Waals surface area contributed by atoms with Crippen LogP contribution in [0.2, 0.25) is 5.15 Å². The van der Waals surface area contributed by atoms with Gasteiger partial charge in [0.05, 0.1) is 17.3 Å². The molecule has 6 heteroatoms. The van der Waals surface area contributed by atoms with Crippen molar-refractivity contribution in [3.63, 3.8) is 0 Å². The van der Waals surface area contributed by atoms with Gasteiger partial charge in [0.25, 0.3) is 5.91 Å². The summed E-state index contributed by atoms with van der Waals surface area (Å²) in [4.78, 5) is 12.7. The highest BCUT2D eigenvalue weighted by Gasteiger charge is 2.23. The lowest BCUT2D eigenvalue weighted by Gasteiger charge is -2.11. The standard InChI is InChI=1S/C19H22ClN3O2/c1-11(2)10-23-18(20)17(13(4)22-23)19(24)21-12(3)16-9-14-7-5-6-8-15(14)25-16/h5-9,11-12H,10H2,1-4H3,(H,21,24)/t12-/m1/s1. The van der Waals surface area contributed by atoms with Crippen LogP contribution in [0.4, 0.5) is 0 Å². The number of aromatic nitrogens is 2. The van der Waals surface area contributed by atoms with Gasteiger partial charge < -0.3 is 9.73 Å². The van der Waals surface area contributed by atoms with Gasteiger partial charge in [-0.3, -0.25) is 9.48 Å². The van der Waals surface area contributed by atoms with Gasteiger partial charge in [-0.15, -0.1) is 0 Å². The van der Waals surface area contributed by atoms with Gasteiger partial charge in [0, 0.05) is 11.9 Å². The molecule has 0 aliphatic carbocycles. The van der Waals surface area contributed by atoms with E-state index in [1.807, 2.05) is 37.3 Å². The number of nitrogens with one attached hydrogen (secondary N) is 1. The van der Waals surface area contributed by atoms with Gasteiger partial charge >= 0.3 is 0 Å².